The third-order valence-corrected chi connectivity index (χ3v) is 3.57. The number of rotatable bonds is 1. The first-order valence-corrected chi connectivity index (χ1v) is 5.72. The van der Waals surface area contributed by atoms with Crippen LogP contribution in [0.1, 0.15) is 24.5 Å². The molecule has 1 N–H and O–H groups in total. The first kappa shape index (κ1) is 9.16. The highest BCUT2D eigenvalue weighted by Gasteiger charge is 2.21. The van der Waals surface area contributed by atoms with Crippen LogP contribution in [0.2, 0.25) is 0 Å². The van der Waals surface area contributed by atoms with Crippen LogP contribution in [0.5, 0.6) is 0 Å². The molecule has 0 spiro atoms. The van der Waals surface area contributed by atoms with Gasteiger partial charge in [0.2, 0.25) is 0 Å². The Bertz CT molecular complexity index is 276. The summed E-state index contributed by atoms with van der Waals surface area (Å²) in [5.41, 5.74) is 0. The van der Waals surface area contributed by atoms with Crippen molar-refractivity contribution in [1.82, 2.24) is 5.32 Å². The van der Waals surface area contributed by atoms with Crippen LogP contribution in [0.4, 0.5) is 0 Å². The van der Waals surface area contributed by atoms with E-state index in [1.165, 1.54) is 0 Å². The van der Waals surface area contributed by atoms with E-state index >= 15 is 0 Å². The Morgan fingerprint density at radius 3 is 2.92 bits per heavy atom. The molecule has 1 aromatic heterocycles. The molecule has 72 valence electrons. The molecule has 2 rings (SSSR count). The summed E-state index contributed by atoms with van der Waals surface area (Å²) in [6, 6.07) is 4.51. The van der Waals surface area contributed by atoms with Crippen molar-refractivity contribution in [2.75, 3.05) is 12.3 Å². The van der Waals surface area contributed by atoms with Gasteiger partial charge in [0.15, 0.2) is 0 Å². The van der Waals surface area contributed by atoms with E-state index in [0.717, 1.165) is 29.1 Å². The number of hydrogen-bond acceptors (Lipinski definition) is 3. The number of aryl methyl sites for hydroxylation is 1. The van der Waals surface area contributed by atoms with Crippen molar-refractivity contribution in [3.8, 4) is 0 Å². The fourth-order valence-electron chi connectivity index (χ4n) is 1.51. The average Bonchev–Trinajstić information content (AvgIpc) is 2.53. The lowest BCUT2D eigenvalue weighted by Gasteiger charge is -2.25. The highest BCUT2D eigenvalue weighted by atomic mass is 32.2. The predicted octanol–water partition coefficient (Wildman–Crippen LogP) is 2.35. The van der Waals surface area contributed by atoms with Gasteiger partial charge in [-0.1, -0.05) is 6.92 Å². The molecule has 0 saturated carbocycles. The molecule has 1 aliphatic rings. The van der Waals surface area contributed by atoms with Crippen molar-refractivity contribution in [1.29, 1.82) is 0 Å². The summed E-state index contributed by atoms with van der Waals surface area (Å²) < 4.78 is 5.58. The van der Waals surface area contributed by atoms with E-state index in [2.05, 4.69) is 18.3 Å². The number of furan rings is 1. The Morgan fingerprint density at radius 2 is 2.38 bits per heavy atom. The van der Waals surface area contributed by atoms with Crippen LogP contribution >= 0.6 is 11.8 Å². The molecule has 0 bridgehead atoms. The van der Waals surface area contributed by atoms with Crippen LogP contribution in [-0.4, -0.2) is 17.5 Å². The molecule has 2 atom stereocenters. The fourth-order valence-corrected chi connectivity index (χ4v) is 2.53. The monoisotopic (exact) mass is 197 g/mol. The average molecular weight is 197 g/mol. The molecule has 1 saturated heterocycles. The van der Waals surface area contributed by atoms with Crippen LogP contribution < -0.4 is 5.32 Å². The Morgan fingerprint density at radius 1 is 1.54 bits per heavy atom. The molecule has 2 unspecified atom stereocenters. The Labute approximate surface area is 83.1 Å². The smallest absolute Gasteiger partial charge is 0.121 e. The third-order valence-electron chi connectivity index (χ3n) is 2.30. The minimum absolute atomic E-state index is 0.412. The fraction of sp³-hybridized carbons (Fsp3) is 0.600. The summed E-state index contributed by atoms with van der Waals surface area (Å²) in [6.07, 6.45) is 0. The lowest BCUT2D eigenvalue weighted by atomic mass is 10.2. The second-order valence-electron chi connectivity index (χ2n) is 3.55. The predicted molar refractivity (Wildman–Crippen MR) is 56.1 cm³/mol. The molecule has 13 heavy (non-hydrogen) atoms. The van der Waals surface area contributed by atoms with Gasteiger partial charge in [-0.25, -0.2) is 0 Å². The van der Waals surface area contributed by atoms with Gasteiger partial charge in [-0.15, -0.1) is 0 Å². The maximum Gasteiger partial charge on any atom is 0.121 e. The van der Waals surface area contributed by atoms with Crippen molar-refractivity contribution in [3.05, 3.63) is 23.7 Å². The molecule has 0 aliphatic carbocycles. The number of hydrogen-bond donors (Lipinski definition) is 1. The molecule has 0 amide bonds. The van der Waals surface area contributed by atoms with Crippen molar-refractivity contribution in [3.63, 3.8) is 0 Å². The number of nitrogens with one attached hydrogen (secondary N) is 1. The van der Waals surface area contributed by atoms with E-state index in [1.807, 2.05) is 24.8 Å². The van der Waals surface area contributed by atoms with Crippen LogP contribution in [0.3, 0.4) is 0 Å². The molecule has 2 heterocycles. The van der Waals surface area contributed by atoms with Gasteiger partial charge < -0.3 is 9.73 Å². The Kier molecular flexibility index (Phi) is 2.65. The van der Waals surface area contributed by atoms with Crippen LogP contribution in [0.25, 0.3) is 0 Å². The van der Waals surface area contributed by atoms with Gasteiger partial charge in [0, 0.05) is 17.5 Å². The quantitative estimate of drug-likeness (QED) is 0.748. The lowest BCUT2D eigenvalue weighted by Crippen LogP contribution is -2.34. The molecule has 1 aliphatic heterocycles. The van der Waals surface area contributed by atoms with Crippen LogP contribution in [0, 0.1) is 6.92 Å². The van der Waals surface area contributed by atoms with E-state index in [4.69, 9.17) is 4.42 Å². The van der Waals surface area contributed by atoms with Crippen molar-refractivity contribution < 1.29 is 4.42 Å². The molecule has 1 fully saturated rings. The molecular formula is C10H15NOS. The summed E-state index contributed by atoms with van der Waals surface area (Å²) in [7, 11) is 0. The van der Waals surface area contributed by atoms with Gasteiger partial charge in [0.25, 0.3) is 0 Å². The largest absolute Gasteiger partial charge is 0.465 e. The summed E-state index contributed by atoms with van der Waals surface area (Å²) in [6.45, 7) is 5.32. The summed E-state index contributed by atoms with van der Waals surface area (Å²) in [4.78, 5) is 0. The van der Waals surface area contributed by atoms with Crippen molar-refractivity contribution in [2.45, 2.75) is 25.1 Å². The molecule has 2 nitrogen and oxygen atoms in total. The van der Waals surface area contributed by atoms with E-state index < -0.39 is 0 Å². The second-order valence-corrected chi connectivity index (χ2v) is 5.02. The second kappa shape index (κ2) is 3.76. The van der Waals surface area contributed by atoms with E-state index in [9.17, 15) is 0 Å². The van der Waals surface area contributed by atoms with Crippen molar-refractivity contribution in [2.24, 2.45) is 0 Å². The number of thioether (sulfide) groups is 1. The lowest BCUT2D eigenvalue weighted by molar-refractivity contribution is 0.415. The van der Waals surface area contributed by atoms with Crippen LogP contribution in [-0.2, 0) is 0 Å². The maximum absolute atomic E-state index is 5.58. The summed E-state index contributed by atoms with van der Waals surface area (Å²) in [5.74, 6) is 3.20. The van der Waals surface area contributed by atoms with Crippen molar-refractivity contribution >= 4 is 11.8 Å². The normalized spacial score (nSPS) is 29.1. The first-order chi connectivity index (χ1) is 6.25. The molecule has 0 aromatic carbocycles. The molecule has 3 heteroatoms. The van der Waals surface area contributed by atoms with Crippen LogP contribution in [0.15, 0.2) is 16.5 Å². The zero-order valence-electron chi connectivity index (χ0n) is 8.04. The standard InChI is InChI=1S/C10H15NOS/c1-7-3-4-10(12-7)9-6-13-8(2)5-11-9/h3-4,8-9,11H,5-6H2,1-2H3. The topological polar surface area (TPSA) is 25.2 Å². The van der Waals surface area contributed by atoms with E-state index in [-0.39, 0.29) is 0 Å². The molecular weight excluding hydrogens is 182 g/mol. The summed E-state index contributed by atoms with van der Waals surface area (Å²) in [5, 5.41) is 4.21. The molecule has 1 aromatic rings. The van der Waals surface area contributed by atoms with Gasteiger partial charge in [-0.05, 0) is 19.1 Å². The van der Waals surface area contributed by atoms with Gasteiger partial charge in [-0.2, -0.15) is 11.8 Å². The SMILES string of the molecule is Cc1ccc(C2CSC(C)CN2)o1. The summed E-state index contributed by atoms with van der Waals surface area (Å²) >= 11 is 2.01. The minimum Gasteiger partial charge on any atom is -0.465 e. The zero-order valence-corrected chi connectivity index (χ0v) is 8.86. The maximum atomic E-state index is 5.58. The van der Waals surface area contributed by atoms with Gasteiger partial charge in [0.1, 0.15) is 11.5 Å². The van der Waals surface area contributed by atoms with E-state index in [0.29, 0.717) is 6.04 Å². The Hall–Kier alpha value is -0.410. The third kappa shape index (κ3) is 2.09. The first-order valence-electron chi connectivity index (χ1n) is 4.67. The van der Waals surface area contributed by atoms with E-state index in [1.54, 1.807) is 0 Å². The molecule has 0 radical (unpaired) electrons. The van der Waals surface area contributed by atoms with Gasteiger partial charge >= 0.3 is 0 Å². The minimum atomic E-state index is 0.412. The highest BCUT2D eigenvalue weighted by molar-refractivity contribution is 8.00. The zero-order chi connectivity index (χ0) is 9.26. The van der Waals surface area contributed by atoms with Gasteiger partial charge in [-0.3, -0.25) is 0 Å². The highest BCUT2D eigenvalue weighted by Crippen LogP contribution is 2.26. The van der Waals surface area contributed by atoms with Gasteiger partial charge in [0.05, 0.1) is 6.04 Å². The Balaban J connectivity index is 2.02.